The van der Waals surface area contributed by atoms with E-state index in [4.69, 9.17) is 5.73 Å². The lowest BCUT2D eigenvalue weighted by Gasteiger charge is -2.27. The Morgan fingerprint density at radius 1 is 1.18 bits per heavy atom. The third-order valence-electron chi connectivity index (χ3n) is 6.25. The normalized spacial score (nSPS) is 22.5. The van der Waals surface area contributed by atoms with Crippen molar-refractivity contribution >= 4 is 52.7 Å². The van der Waals surface area contributed by atoms with E-state index in [1.807, 2.05) is 0 Å². The first kappa shape index (κ1) is 28.7. The van der Waals surface area contributed by atoms with Crippen LogP contribution in [0.1, 0.15) is 43.0 Å². The van der Waals surface area contributed by atoms with E-state index in [9.17, 15) is 34.1 Å². The highest BCUT2D eigenvalue weighted by Gasteiger charge is 2.38. The van der Waals surface area contributed by atoms with E-state index in [-0.39, 0.29) is 48.3 Å². The van der Waals surface area contributed by atoms with Crippen molar-refractivity contribution < 1.29 is 28.9 Å². The van der Waals surface area contributed by atoms with Crippen LogP contribution >= 0.6 is 11.8 Å². The summed E-state index contributed by atoms with van der Waals surface area (Å²) in [6.45, 7) is 1.90. The molecule has 0 spiro atoms. The van der Waals surface area contributed by atoms with Crippen LogP contribution in [0.5, 0.6) is 0 Å². The second-order valence-corrected chi connectivity index (χ2v) is 10.0. The molecule has 3 rings (SSSR count). The highest BCUT2D eigenvalue weighted by atomic mass is 32.2. The summed E-state index contributed by atoms with van der Waals surface area (Å²) in [5, 5.41) is 22.3. The summed E-state index contributed by atoms with van der Waals surface area (Å²) in [6.07, 6.45) is 1.42. The summed E-state index contributed by atoms with van der Waals surface area (Å²) in [5.74, 6) is -2.44. The molecule has 6 N–H and O–H groups in total. The predicted octanol–water partition coefficient (Wildman–Crippen LogP) is -0.313. The number of rotatable bonds is 6. The second kappa shape index (κ2) is 13.1. The lowest BCUT2D eigenvalue weighted by Crippen LogP contribution is -2.56. The first-order valence-corrected chi connectivity index (χ1v) is 13.3. The first-order chi connectivity index (χ1) is 18.1. The lowest BCUT2D eigenvalue weighted by molar-refractivity contribution is -0.384. The summed E-state index contributed by atoms with van der Waals surface area (Å²) < 4.78 is 0. The molecule has 2 heterocycles. The van der Waals surface area contributed by atoms with Crippen molar-refractivity contribution in [1.82, 2.24) is 20.9 Å². The molecule has 206 valence electrons. The number of carbonyl (C=O) groups excluding carboxylic acids is 5. The molecule has 1 aromatic rings. The van der Waals surface area contributed by atoms with Crippen molar-refractivity contribution in [3.05, 3.63) is 33.9 Å². The van der Waals surface area contributed by atoms with E-state index in [0.29, 0.717) is 24.9 Å². The smallest absolute Gasteiger partial charge is 0.270 e. The summed E-state index contributed by atoms with van der Waals surface area (Å²) in [4.78, 5) is 75.2. The molecule has 38 heavy (non-hydrogen) atoms. The molecule has 1 unspecified atom stereocenters. The quantitative estimate of drug-likeness (QED) is 0.136. The van der Waals surface area contributed by atoms with Gasteiger partial charge in [0.15, 0.2) is 0 Å². The van der Waals surface area contributed by atoms with Crippen molar-refractivity contribution in [3.8, 4) is 0 Å². The summed E-state index contributed by atoms with van der Waals surface area (Å²) in [5.41, 5.74) is 5.64. The highest BCUT2D eigenvalue weighted by Crippen LogP contribution is 2.28. The van der Waals surface area contributed by atoms with Gasteiger partial charge in [0.05, 0.1) is 16.4 Å². The zero-order valence-electron chi connectivity index (χ0n) is 20.9. The van der Waals surface area contributed by atoms with Crippen LogP contribution in [0.4, 0.5) is 11.4 Å². The Kier molecular flexibility index (Phi) is 9.87. The van der Waals surface area contributed by atoms with Crippen molar-refractivity contribution in [2.45, 2.75) is 50.7 Å². The Labute approximate surface area is 223 Å². The highest BCUT2D eigenvalue weighted by molar-refractivity contribution is 7.99. The van der Waals surface area contributed by atoms with Crippen LogP contribution in [-0.4, -0.2) is 82.2 Å². The number of non-ortho nitro benzene ring substituents is 1. The van der Waals surface area contributed by atoms with Crippen LogP contribution in [-0.2, 0) is 19.2 Å². The number of nitrogens with zero attached hydrogens (tertiary/aromatic N) is 2. The molecule has 14 nitrogen and oxygen atoms in total. The fraction of sp³-hybridized carbons (Fsp3) is 0.522. The minimum atomic E-state index is -1.07. The van der Waals surface area contributed by atoms with Gasteiger partial charge in [-0.25, -0.2) is 0 Å². The van der Waals surface area contributed by atoms with Crippen LogP contribution in [0.25, 0.3) is 0 Å². The minimum absolute atomic E-state index is 0.0526. The number of nitro groups is 1. The SMILES string of the molecule is CC(=O)NCSC[C@@H]1NC(=O)C2CCCN2C(=O)c2cc([N+](=O)[O-])ccc2NCCC[C@@H](C(N)=O)NC1=O. The molecule has 0 bridgehead atoms. The van der Waals surface area contributed by atoms with Crippen LogP contribution in [0.2, 0.25) is 0 Å². The molecule has 5 amide bonds. The minimum Gasteiger partial charge on any atom is -0.384 e. The Morgan fingerprint density at radius 3 is 2.63 bits per heavy atom. The number of nitrogens with one attached hydrogen (secondary N) is 4. The standard InChI is InChI=1S/C23H31N7O7S/c1-13(31)26-12-38-11-18-21(33)27-17(20(24)32)4-2-8-25-16-7-6-14(30(36)37)10-15(16)23(35)29-9-3-5-19(29)22(34)28-18/h6-7,10,17-19,25H,2-5,8-9,11-12H2,1H3,(H2,24,32)(H,26,31)(H,27,33)(H,28,34)/t17-,18-,19?/m0/s1. The lowest BCUT2D eigenvalue weighted by atomic mass is 10.1. The average Bonchev–Trinajstić information content (AvgIpc) is 3.36. The molecule has 2 aliphatic heterocycles. The van der Waals surface area contributed by atoms with Gasteiger partial charge < -0.3 is 31.9 Å². The monoisotopic (exact) mass is 549 g/mol. The summed E-state index contributed by atoms with van der Waals surface area (Å²) in [6, 6.07) is 0.908. The predicted molar refractivity (Wildman–Crippen MR) is 139 cm³/mol. The molecule has 2 aliphatic rings. The van der Waals surface area contributed by atoms with Gasteiger partial charge in [-0.05, 0) is 31.7 Å². The number of amides is 5. The van der Waals surface area contributed by atoms with E-state index < -0.39 is 46.7 Å². The number of benzene rings is 1. The van der Waals surface area contributed by atoms with Crippen LogP contribution in [0.3, 0.4) is 0 Å². The molecular weight excluding hydrogens is 518 g/mol. The Morgan fingerprint density at radius 2 is 1.95 bits per heavy atom. The van der Waals surface area contributed by atoms with Crippen LogP contribution in [0, 0.1) is 10.1 Å². The number of fused-ring (bicyclic) bond motifs is 2. The third kappa shape index (κ3) is 7.34. The van der Waals surface area contributed by atoms with Crippen molar-refractivity contribution in [1.29, 1.82) is 0 Å². The first-order valence-electron chi connectivity index (χ1n) is 12.1. The molecular formula is C23H31N7O7S. The largest absolute Gasteiger partial charge is 0.384 e. The van der Waals surface area contributed by atoms with Crippen LogP contribution in [0.15, 0.2) is 18.2 Å². The number of carbonyl (C=O) groups is 5. The zero-order chi connectivity index (χ0) is 27.8. The number of nitro benzene ring substituents is 1. The van der Waals surface area contributed by atoms with Crippen molar-refractivity contribution in [2.75, 3.05) is 30.0 Å². The van der Waals surface area contributed by atoms with Gasteiger partial charge in [0.2, 0.25) is 23.6 Å². The summed E-state index contributed by atoms with van der Waals surface area (Å²) >= 11 is 1.19. The zero-order valence-corrected chi connectivity index (χ0v) is 21.7. The number of nitrogens with two attached hydrogens (primary N) is 1. The van der Waals surface area contributed by atoms with E-state index in [1.54, 1.807) is 0 Å². The fourth-order valence-corrected chi connectivity index (χ4v) is 5.17. The van der Waals surface area contributed by atoms with Gasteiger partial charge >= 0.3 is 0 Å². The van der Waals surface area contributed by atoms with Crippen LogP contribution < -0.4 is 27.0 Å². The average molecular weight is 550 g/mol. The number of hydrogen-bond acceptors (Lipinski definition) is 9. The molecule has 0 aromatic heterocycles. The number of anilines is 1. The van der Waals surface area contributed by atoms with Gasteiger partial charge in [0, 0.05) is 43.6 Å². The topological polar surface area (TPSA) is 206 Å². The van der Waals surface area contributed by atoms with E-state index in [1.165, 1.54) is 41.8 Å². The van der Waals surface area contributed by atoms with E-state index >= 15 is 0 Å². The van der Waals surface area contributed by atoms with Gasteiger partial charge in [-0.1, -0.05) is 0 Å². The molecule has 1 saturated heterocycles. The fourth-order valence-electron chi connectivity index (χ4n) is 4.28. The molecule has 3 atom stereocenters. The van der Waals surface area contributed by atoms with Gasteiger partial charge in [-0.2, -0.15) is 0 Å². The molecule has 0 saturated carbocycles. The number of thioether (sulfide) groups is 1. The maximum atomic E-state index is 13.5. The maximum absolute atomic E-state index is 13.5. The molecule has 1 fully saturated rings. The molecule has 0 radical (unpaired) electrons. The van der Waals surface area contributed by atoms with E-state index in [2.05, 4.69) is 21.3 Å². The maximum Gasteiger partial charge on any atom is 0.270 e. The van der Waals surface area contributed by atoms with Crippen molar-refractivity contribution in [3.63, 3.8) is 0 Å². The molecule has 15 heteroatoms. The van der Waals surface area contributed by atoms with Crippen molar-refractivity contribution in [2.24, 2.45) is 5.73 Å². The van der Waals surface area contributed by atoms with Gasteiger partial charge in [0.25, 0.3) is 11.6 Å². The Balaban J connectivity index is 1.93. The van der Waals surface area contributed by atoms with Gasteiger partial charge in [-0.3, -0.25) is 34.1 Å². The Hall–Kier alpha value is -3.88. The number of hydrogen-bond donors (Lipinski definition) is 5. The molecule has 1 aromatic carbocycles. The molecule has 0 aliphatic carbocycles. The number of primary amides is 1. The van der Waals surface area contributed by atoms with E-state index in [0.717, 1.165) is 0 Å². The third-order valence-corrected chi connectivity index (χ3v) is 7.16. The summed E-state index contributed by atoms with van der Waals surface area (Å²) in [7, 11) is 0. The Bertz CT molecular complexity index is 1120. The second-order valence-electron chi connectivity index (χ2n) is 8.99. The van der Waals surface area contributed by atoms with Gasteiger partial charge in [0.1, 0.15) is 18.1 Å². The van der Waals surface area contributed by atoms with Gasteiger partial charge in [-0.15, -0.1) is 11.8 Å².